The van der Waals surface area contributed by atoms with E-state index in [2.05, 4.69) is 38.2 Å². The predicted octanol–water partition coefficient (Wildman–Crippen LogP) is 3.90. The van der Waals surface area contributed by atoms with Gasteiger partial charge < -0.3 is 14.6 Å². The number of aromatic nitrogens is 4. The molecule has 160 valence electrons. The molecule has 0 aliphatic heterocycles. The minimum Gasteiger partial charge on any atom is -0.468 e. The molecule has 1 saturated carbocycles. The van der Waals surface area contributed by atoms with E-state index >= 15 is 0 Å². The molecule has 1 N–H and O–H groups in total. The highest BCUT2D eigenvalue weighted by Gasteiger charge is 2.30. The van der Waals surface area contributed by atoms with Gasteiger partial charge in [0.2, 0.25) is 5.88 Å². The first-order chi connectivity index (χ1) is 14.9. The number of carbonyl (C=O) groups excluding carboxylic acids is 1. The van der Waals surface area contributed by atoms with Gasteiger partial charge in [0.25, 0.3) is 5.91 Å². The Kier molecular flexibility index (Phi) is 4.68. The van der Waals surface area contributed by atoms with Crippen molar-refractivity contribution in [2.45, 2.75) is 38.6 Å². The standard InChI is InChI=1S/C24H27N5O2/c1-14-11-21(26-24-22(14)23(16-5-6-16)27-29(24)4)31-13-20(30)25-15(2)17-7-8-19-18(12-17)9-10-28(19)3/h7-12,15-16H,5-6,13H2,1-4H3,(H,25,30). The maximum atomic E-state index is 12.5. The maximum absolute atomic E-state index is 12.5. The molecule has 3 aromatic heterocycles. The van der Waals surface area contributed by atoms with Crippen LogP contribution in [0.4, 0.5) is 0 Å². The molecule has 31 heavy (non-hydrogen) atoms. The van der Waals surface area contributed by atoms with Crippen molar-refractivity contribution in [2.24, 2.45) is 14.1 Å². The Labute approximate surface area is 181 Å². The zero-order valence-corrected chi connectivity index (χ0v) is 18.3. The predicted molar refractivity (Wildman–Crippen MR) is 120 cm³/mol. The molecule has 1 aliphatic carbocycles. The highest BCUT2D eigenvalue weighted by Crippen LogP contribution is 2.43. The molecule has 0 bridgehead atoms. The largest absolute Gasteiger partial charge is 0.468 e. The van der Waals surface area contributed by atoms with Crippen molar-refractivity contribution in [3.8, 4) is 5.88 Å². The van der Waals surface area contributed by atoms with Gasteiger partial charge >= 0.3 is 0 Å². The third-order valence-electron chi connectivity index (χ3n) is 6.10. The van der Waals surface area contributed by atoms with Crippen LogP contribution in [0.1, 0.15) is 48.5 Å². The van der Waals surface area contributed by atoms with Crippen LogP contribution in [-0.4, -0.2) is 31.8 Å². The fraction of sp³-hybridized carbons (Fsp3) is 0.375. The van der Waals surface area contributed by atoms with E-state index in [9.17, 15) is 4.79 Å². The second-order valence-corrected chi connectivity index (χ2v) is 8.58. The van der Waals surface area contributed by atoms with Gasteiger partial charge in [0.1, 0.15) is 0 Å². The van der Waals surface area contributed by atoms with Crippen LogP contribution in [0, 0.1) is 6.92 Å². The molecule has 0 saturated heterocycles. The summed E-state index contributed by atoms with van der Waals surface area (Å²) in [6.45, 7) is 3.95. The number of nitrogens with zero attached hydrogens (tertiary/aromatic N) is 4. The summed E-state index contributed by atoms with van der Waals surface area (Å²) in [4.78, 5) is 17.1. The van der Waals surface area contributed by atoms with Gasteiger partial charge in [-0.05, 0) is 61.4 Å². The number of amides is 1. The topological polar surface area (TPSA) is 74.0 Å². The first-order valence-corrected chi connectivity index (χ1v) is 10.7. The summed E-state index contributed by atoms with van der Waals surface area (Å²) in [6.07, 6.45) is 4.42. The van der Waals surface area contributed by atoms with Gasteiger partial charge in [-0.2, -0.15) is 10.1 Å². The van der Waals surface area contributed by atoms with Gasteiger partial charge in [0.05, 0.1) is 11.7 Å². The summed E-state index contributed by atoms with van der Waals surface area (Å²) >= 11 is 0. The van der Waals surface area contributed by atoms with Gasteiger partial charge in [0, 0.05) is 43.2 Å². The molecule has 1 atom stereocenters. The number of ether oxygens (including phenoxy) is 1. The smallest absolute Gasteiger partial charge is 0.258 e. The molecule has 1 aromatic carbocycles. The highest BCUT2D eigenvalue weighted by atomic mass is 16.5. The van der Waals surface area contributed by atoms with Crippen LogP contribution in [0.5, 0.6) is 5.88 Å². The van der Waals surface area contributed by atoms with Crippen molar-refractivity contribution in [1.82, 2.24) is 24.6 Å². The fourth-order valence-corrected chi connectivity index (χ4v) is 4.23. The summed E-state index contributed by atoms with van der Waals surface area (Å²) in [6, 6.07) is 10.1. The average molecular weight is 418 g/mol. The summed E-state index contributed by atoms with van der Waals surface area (Å²) in [5.41, 5.74) is 5.25. The van der Waals surface area contributed by atoms with Crippen molar-refractivity contribution in [3.05, 3.63) is 53.3 Å². The lowest BCUT2D eigenvalue weighted by Crippen LogP contribution is -2.31. The normalized spacial score (nSPS) is 14.8. The number of nitrogens with one attached hydrogen (secondary N) is 1. The molecule has 7 heteroatoms. The summed E-state index contributed by atoms with van der Waals surface area (Å²) in [7, 11) is 3.93. The van der Waals surface area contributed by atoms with E-state index in [0.29, 0.717) is 11.8 Å². The second-order valence-electron chi connectivity index (χ2n) is 8.58. The van der Waals surface area contributed by atoms with E-state index in [1.807, 2.05) is 51.0 Å². The Balaban J connectivity index is 1.26. The summed E-state index contributed by atoms with van der Waals surface area (Å²) < 4.78 is 9.63. The van der Waals surface area contributed by atoms with E-state index in [1.54, 1.807) is 0 Å². The lowest BCUT2D eigenvalue weighted by atomic mass is 10.1. The van der Waals surface area contributed by atoms with Gasteiger partial charge in [-0.3, -0.25) is 9.48 Å². The Morgan fingerprint density at radius 3 is 2.84 bits per heavy atom. The van der Waals surface area contributed by atoms with Crippen molar-refractivity contribution in [3.63, 3.8) is 0 Å². The van der Waals surface area contributed by atoms with Crippen LogP contribution < -0.4 is 10.1 Å². The molecule has 0 spiro atoms. The van der Waals surface area contributed by atoms with E-state index in [0.717, 1.165) is 33.2 Å². The molecule has 7 nitrogen and oxygen atoms in total. The molecule has 1 fully saturated rings. The molecule has 1 aliphatic rings. The van der Waals surface area contributed by atoms with Crippen LogP contribution >= 0.6 is 0 Å². The molecule has 5 rings (SSSR count). The number of hydrogen-bond acceptors (Lipinski definition) is 4. The molecule has 1 unspecified atom stereocenters. The van der Waals surface area contributed by atoms with Crippen LogP contribution in [0.15, 0.2) is 36.5 Å². The van der Waals surface area contributed by atoms with Gasteiger partial charge in [0.15, 0.2) is 12.3 Å². The van der Waals surface area contributed by atoms with Gasteiger partial charge in [-0.25, -0.2) is 0 Å². The molecule has 1 amide bonds. The van der Waals surface area contributed by atoms with E-state index in [4.69, 9.17) is 4.74 Å². The third-order valence-corrected chi connectivity index (χ3v) is 6.10. The quantitative estimate of drug-likeness (QED) is 0.516. The first kappa shape index (κ1) is 19.6. The zero-order valence-electron chi connectivity index (χ0n) is 18.3. The molecule has 4 aromatic rings. The minimum atomic E-state index is -0.177. The average Bonchev–Trinajstić information content (AvgIpc) is 3.45. The molecule has 3 heterocycles. The highest BCUT2D eigenvalue weighted by molar-refractivity contribution is 5.84. The van der Waals surface area contributed by atoms with E-state index in [-0.39, 0.29) is 18.6 Å². The Bertz CT molecular complexity index is 1300. The number of aryl methyl sites for hydroxylation is 3. The van der Waals surface area contributed by atoms with Crippen molar-refractivity contribution >= 4 is 27.8 Å². The Hall–Kier alpha value is -3.35. The number of hydrogen-bond donors (Lipinski definition) is 1. The zero-order chi connectivity index (χ0) is 21.7. The number of pyridine rings is 1. The fourth-order valence-electron chi connectivity index (χ4n) is 4.23. The first-order valence-electron chi connectivity index (χ1n) is 10.7. The molecular weight excluding hydrogens is 390 g/mol. The summed E-state index contributed by atoms with van der Waals surface area (Å²) in [5.74, 6) is 0.825. The van der Waals surface area contributed by atoms with Gasteiger partial charge in [-0.1, -0.05) is 6.07 Å². The SMILES string of the molecule is Cc1cc(OCC(=O)NC(C)c2ccc3c(ccn3C)c2)nc2c1c(C1CC1)nn2C. The van der Waals surface area contributed by atoms with E-state index in [1.165, 1.54) is 18.4 Å². The molecular formula is C24H27N5O2. The lowest BCUT2D eigenvalue weighted by Gasteiger charge is -2.15. The monoisotopic (exact) mass is 417 g/mol. The van der Waals surface area contributed by atoms with Crippen molar-refractivity contribution < 1.29 is 9.53 Å². The maximum Gasteiger partial charge on any atom is 0.258 e. The van der Waals surface area contributed by atoms with Crippen LogP contribution in [0.3, 0.4) is 0 Å². The van der Waals surface area contributed by atoms with Crippen LogP contribution in [-0.2, 0) is 18.9 Å². The van der Waals surface area contributed by atoms with E-state index < -0.39 is 0 Å². The number of carbonyl (C=O) groups is 1. The number of rotatable bonds is 6. The van der Waals surface area contributed by atoms with Crippen molar-refractivity contribution in [1.29, 1.82) is 0 Å². The Morgan fingerprint density at radius 2 is 2.06 bits per heavy atom. The number of fused-ring (bicyclic) bond motifs is 2. The Morgan fingerprint density at radius 1 is 1.26 bits per heavy atom. The molecule has 0 radical (unpaired) electrons. The minimum absolute atomic E-state index is 0.0802. The van der Waals surface area contributed by atoms with Crippen molar-refractivity contribution in [2.75, 3.05) is 6.61 Å². The van der Waals surface area contributed by atoms with Gasteiger partial charge in [-0.15, -0.1) is 0 Å². The lowest BCUT2D eigenvalue weighted by molar-refractivity contribution is -0.123. The second kappa shape index (κ2) is 7.41. The van der Waals surface area contributed by atoms with Crippen LogP contribution in [0.25, 0.3) is 21.9 Å². The van der Waals surface area contributed by atoms with Crippen LogP contribution in [0.2, 0.25) is 0 Å². The third kappa shape index (κ3) is 3.65. The summed E-state index contributed by atoms with van der Waals surface area (Å²) in [5, 5.41) is 9.95. The number of benzene rings is 1.